The quantitative estimate of drug-likeness (QED) is 0.498. The summed E-state index contributed by atoms with van der Waals surface area (Å²) in [6.07, 6.45) is 0. The number of thiol groups is 1. The maximum absolute atomic E-state index is 13.0. The number of hydrogen-bond donors (Lipinski definition) is 1. The molecule has 0 unspecified atom stereocenters. The molecule has 0 saturated heterocycles. The molecular weight excluding hydrogens is 407 g/mol. The predicted molar refractivity (Wildman–Crippen MR) is 103 cm³/mol. The number of halogens is 3. The molecule has 3 aromatic rings. The summed E-state index contributed by atoms with van der Waals surface area (Å²) in [6, 6.07) is 6.11. The van der Waals surface area contributed by atoms with Gasteiger partial charge >= 0.3 is 0 Å². The molecule has 2 aromatic carbocycles. The lowest BCUT2D eigenvalue weighted by Crippen LogP contribution is -2.21. The van der Waals surface area contributed by atoms with Crippen molar-refractivity contribution in [2.75, 3.05) is 14.2 Å². The third kappa shape index (κ3) is 3.15. The molecule has 1 heterocycles. The van der Waals surface area contributed by atoms with Gasteiger partial charge in [-0.15, -0.1) is 12.6 Å². The van der Waals surface area contributed by atoms with Crippen LogP contribution in [-0.4, -0.2) is 23.8 Å². The number of nitrogens with zero attached hydrogens (tertiary/aromatic N) is 2. The van der Waals surface area contributed by atoms with Crippen LogP contribution in [0.1, 0.15) is 0 Å². The Balaban J connectivity index is 2.37. The van der Waals surface area contributed by atoms with Crippen LogP contribution in [0.2, 0.25) is 15.1 Å². The fraction of sp³-hybridized carbons (Fsp3) is 0.125. The lowest BCUT2D eigenvalue weighted by Gasteiger charge is -2.14. The molecule has 25 heavy (non-hydrogen) atoms. The van der Waals surface area contributed by atoms with Gasteiger partial charge in [0.05, 0.1) is 45.9 Å². The molecule has 0 bridgehead atoms. The SMILES string of the molecule is COc1cc(-n2c(S)nc3cc(OC)c(Cl)cc3c2=O)c(Cl)cc1Cl. The van der Waals surface area contributed by atoms with E-state index in [-0.39, 0.29) is 15.7 Å². The molecule has 1 aromatic heterocycles. The first kappa shape index (κ1) is 18.2. The molecule has 0 N–H and O–H groups in total. The van der Waals surface area contributed by atoms with Crippen LogP contribution >= 0.6 is 47.4 Å². The summed E-state index contributed by atoms with van der Waals surface area (Å²) in [6.45, 7) is 0. The van der Waals surface area contributed by atoms with Crippen LogP contribution in [0.3, 0.4) is 0 Å². The molecule has 5 nitrogen and oxygen atoms in total. The normalized spacial score (nSPS) is 11.0. The van der Waals surface area contributed by atoms with Crippen molar-refractivity contribution < 1.29 is 9.47 Å². The van der Waals surface area contributed by atoms with E-state index in [1.165, 1.54) is 30.9 Å². The van der Waals surface area contributed by atoms with E-state index in [4.69, 9.17) is 44.3 Å². The lowest BCUT2D eigenvalue weighted by molar-refractivity contribution is 0.414. The molecule has 0 atom stereocenters. The van der Waals surface area contributed by atoms with E-state index in [1.807, 2.05) is 0 Å². The molecule has 0 aliphatic heterocycles. The van der Waals surface area contributed by atoms with Crippen molar-refractivity contribution in [3.63, 3.8) is 0 Å². The minimum absolute atomic E-state index is 0.146. The van der Waals surface area contributed by atoms with E-state index >= 15 is 0 Å². The fourth-order valence-corrected chi connectivity index (χ4v) is 3.49. The Morgan fingerprint density at radius 2 is 1.56 bits per heavy atom. The van der Waals surface area contributed by atoms with Gasteiger partial charge in [-0.1, -0.05) is 34.8 Å². The molecule has 3 rings (SSSR count). The number of rotatable bonds is 3. The minimum Gasteiger partial charge on any atom is -0.495 e. The first-order chi connectivity index (χ1) is 11.9. The standard InChI is InChI=1S/C16H11Cl3N2O3S/c1-23-13-5-11-7(3-9(13)18)15(22)21(16(25)20-11)12-6-14(24-2)10(19)4-8(12)17/h3-6H,1-2H3,(H,20,25). The second-order valence-electron chi connectivity index (χ2n) is 4.99. The Morgan fingerprint density at radius 1 is 0.960 bits per heavy atom. The zero-order valence-corrected chi connectivity index (χ0v) is 16.2. The summed E-state index contributed by atoms with van der Waals surface area (Å²) in [5.74, 6) is 0.784. The Hall–Kier alpha value is -1.60. The highest BCUT2D eigenvalue weighted by Gasteiger charge is 2.17. The maximum Gasteiger partial charge on any atom is 0.266 e. The van der Waals surface area contributed by atoms with E-state index < -0.39 is 0 Å². The van der Waals surface area contributed by atoms with Crippen molar-refractivity contribution in [2.45, 2.75) is 5.16 Å². The van der Waals surface area contributed by atoms with Crippen molar-refractivity contribution in [3.8, 4) is 17.2 Å². The largest absolute Gasteiger partial charge is 0.495 e. The number of methoxy groups -OCH3 is 2. The minimum atomic E-state index is -0.383. The number of hydrogen-bond acceptors (Lipinski definition) is 5. The predicted octanol–water partition coefficient (Wildman–Crippen LogP) is 4.65. The van der Waals surface area contributed by atoms with Crippen molar-refractivity contribution in [1.29, 1.82) is 0 Å². The Labute approximate surface area is 163 Å². The molecule has 0 saturated carbocycles. The van der Waals surface area contributed by atoms with Gasteiger partial charge in [0.1, 0.15) is 11.5 Å². The van der Waals surface area contributed by atoms with Crippen molar-refractivity contribution in [1.82, 2.24) is 9.55 Å². The third-order valence-electron chi connectivity index (χ3n) is 3.59. The Kier molecular flexibility index (Phi) is 5.06. The van der Waals surface area contributed by atoms with E-state index in [2.05, 4.69) is 17.6 Å². The van der Waals surface area contributed by atoms with Crippen molar-refractivity contribution in [2.24, 2.45) is 0 Å². The van der Waals surface area contributed by atoms with Crippen molar-refractivity contribution >= 4 is 58.3 Å². The first-order valence-electron chi connectivity index (χ1n) is 6.90. The fourth-order valence-electron chi connectivity index (χ4n) is 2.40. The molecule has 9 heteroatoms. The van der Waals surface area contributed by atoms with Crippen LogP contribution < -0.4 is 15.0 Å². The summed E-state index contributed by atoms with van der Waals surface area (Å²) < 4.78 is 11.6. The number of ether oxygens (including phenoxy) is 2. The van der Waals surface area contributed by atoms with Gasteiger partial charge in [-0.3, -0.25) is 9.36 Å². The zero-order chi connectivity index (χ0) is 18.3. The Morgan fingerprint density at radius 3 is 2.20 bits per heavy atom. The van der Waals surface area contributed by atoms with E-state index in [0.29, 0.717) is 38.1 Å². The molecule has 0 spiro atoms. The molecule has 0 aliphatic carbocycles. The van der Waals surface area contributed by atoms with Crippen LogP contribution in [0, 0.1) is 0 Å². The van der Waals surface area contributed by atoms with Crippen LogP contribution in [0.25, 0.3) is 16.6 Å². The topological polar surface area (TPSA) is 53.4 Å². The first-order valence-corrected chi connectivity index (χ1v) is 8.48. The highest BCUT2D eigenvalue weighted by atomic mass is 35.5. The lowest BCUT2D eigenvalue weighted by atomic mass is 10.2. The monoisotopic (exact) mass is 416 g/mol. The van der Waals surface area contributed by atoms with Crippen LogP contribution in [0.4, 0.5) is 0 Å². The zero-order valence-electron chi connectivity index (χ0n) is 13.0. The number of fused-ring (bicyclic) bond motifs is 1. The van der Waals surface area contributed by atoms with Gasteiger partial charge in [0, 0.05) is 12.1 Å². The molecule has 0 aliphatic rings. The van der Waals surface area contributed by atoms with Gasteiger partial charge in [0.2, 0.25) is 0 Å². The molecule has 0 amide bonds. The van der Waals surface area contributed by atoms with Crippen LogP contribution in [0.5, 0.6) is 11.5 Å². The summed E-state index contributed by atoms with van der Waals surface area (Å²) in [5.41, 5.74) is 0.370. The van der Waals surface area contributed by atoms with Gasteiger partial charge in [-0.25, -0.2) is 4.98 Å². The van der Waals surface area contributed by atoms with Crippen molar-refractivity contribution in [3.05, 3.63) is 49.7 Å². The van der Waals surface area contributed by atoms with E-state index in [9.17, 15) is 4.79 Å². The smallest absolute Gasteiger partial charge is 0.266 e. The van der Waals surface area contributed by atoms with Gasteiger partial charge in [-0.2, -0.15) is 0 Å². The molecule has 0 radical (unpaired) electrons. The highest BCUT2D eigenvalue weighted by molar-refractivity contribution is 7.80. The summed E-state index contributed by atoms with van der Waals surface area (Å²) in [5, 5.41) is 1.32. The van der Waals surface area contributed by atoms with E-state index in [1.54, 1.807) is 12.1 Å². The second kappa shape index (κ2) is 6.96. The summed E-state index contributed by atoms with van der Waals surface area (Å²) >= 11 is 22.8. The third-order valence-corrected chi connectivity index (χ3v) is 4.78. The average Bonchev–Trinajstić information content (AvgIpc) is 2.57. The molecule has 130 valence electrons. The van der Waals surface area contributed by atoms with Gasteiger partial charge < -0.3 is 9.47 Å². The van der Waals surface area contributed by atoms with Gasteiger partial charge in [-0.05, 0) is 12.1 Å². The number of aromatic nitrogens is 2. The van der Waals surface area contributed by atoms with Gasteiger partial charge in [0.25, 0.3) is 5.56 Å². The average molecular weight is 418 g/mol. The maximum atomic E-state index is 13.0. The second-order valence-corrected chi connectivity index (χ2v) is 6.62. The van der Waals surface area contributed by atoms with Crippen LogP contribution in [0.15, 0.2) is 34.2 Å². The highest BCUT2D eigenvalue weighted by Crippen LogP contribution is 2.34. The van der Waals surface area contributed by atoms with E-state index in [0.717, 1.165) is 0 Å². The van der Waals surface area contributed by atoms with Crippen LogP contribution in [-0.2, 0) is 0 Å². The van der Waals surface area contributed by atoms with Gasteiger partial charge in [0.15, 0.2) is 5.16 Å². The molecule has 0 fully saturated rings. The Bertz CT molecular complexity index is 1050. The number of benzene rings is 2. The summed E-state index contributed by atoms with van der Waals surface area (Å²) in [7, 11) is 2.95. The summed E-state index contributed by atoms with van der Waals surface area (Å²) in [4.78, 5) is 17.3. The molecular formula is C16H11Cl3N2O3S.